The van der Waals surface area contributed by atoms with Gasteiger partial charge in [0.05, 0.1) is 14.2 Å². The van der Waals surface area contributed by atoms with Crippen LogP contribution in [0.2, 0.25) is 0 Å². The molecule has 0 N–H and O–H groups in total. The number of aromatic nitrogens is 2. The van der Waals surface area contributed by atoms with Crippen LogP contribution >= 0.6 is 0 Å². The Morgan fingerprint density at radius 1 is 1.16 bits per heavy atom. The first-order valence-electron chi connectivity index (χ1n) is 8.69. The summed E-state index contributed by atoms with van der Waals surface area (Å²) in [6.45, 7) is 9.16. The number of benzene rings is 1. The molecular formula is C20H27N3O2. The van der Waals surface area contributed by atoms with Crippen LogP contribution < -0.4 is 9.47 Å². The third-order valence-electron chi connectivity index (χ3n) is 4.57. The second-order valence-corrected chi connectivity index (χ2v) is 7.55. The van der Waals surface area contributed by atoms with E-state index < -0.39 is 0 Å². The zero-order chi connectivity index (χ0) is 18.0. The van der Waals surface area contributed by atoms with Crippen LogP contribution in [0.3, 0.4) is 0 Å². The van der Waals surface area contributed by atoms with Gasteiger partial charge in [-0.1, -0.05) is 26.8 Å². The molecule has 0 fully saturated rings. The monoisotopic (exact) mass is 341 g/mol. The molecule has 5 nitrogen and oxygen atoms in total. The Bertz CT molecular complexity index is 753. The van der Waals surface area contributed by atoms with Gasteiger partial charge in [-0.05, 0) is 6.07 Å². The lowest BCUT2D eigenvalue weighted by atomic mass is 9.95. The molecule has 134 valence electrons. The van der Waals surface area contributed by atoms with Gasteiger partial charge in [-0.3, -0.25) is 4.90 Å². The average molecular weight is 341 g/mol. The lowest BCUT2D eigenvalue weighted by molar-refractivity contribution is 0.238. The Morgan fingerprint density at radius 2 is 1.96 bits per heavy atom. The quantitative estimate of drug-likeness (QED) is 0.853. The standard InChI is InChI=1S/C20H27N3O2/c1-20(2,3)19-21-11-15-13-23(9-8-17(15)22-19)12-14-6-7-16(24-4)10-18(14)25-5/h6-7,10-11H,8-9,12-13H2,1-5H3. The normalized spacial score (nSPS) is 14.9. The van der Waals surface area contributed by atoms with E-state index in [0.717, 1.165) is 43.4 Å². The second kappa shape index (κ2) is 7.00. The molecule has 1 aliphatic heterocycles. The Hall–Kier alpha value is -2.14. The van der Waals surface area contributed by atoms with Crippen molar-refractivity contribution in [1.82, 2.24) is 14.9 Å². The van der Waals surface area contributed by atoms with Crippen molar-refractivity contribution in [3.8, 4) is 11.5 Å². The topological polar surface area (TPSA) is 47.5 Å². The molecule has 3 rings (SSSR count). The van der Waals surface area contributed by atoms with Gasteiger partial charge in [0.15, 0.2) is 0 Å². The van der Waals surface area contributed by atoms with E-state index >= 15 is 0 Å². The minimum Gasteiger partial charge on any atom is -0.497 e. The van der Waals surface area contributed by atoms with Crippen molar-refractivity contribution in [3.05, 3.63) is 47.0 Å². The maximum atomic E-state index is 5.52. The van der Waals surface area contributed by atoms with Gasteiger partial charge in [-0.25, -0.2) is 9.97 Å². The number of hydrogen-bond donors (Lipinski definition) is 0. The molecule has 0 saturated carbocycles. The molecule has 0 aliphatic carbocycles. The number of ether oxygens (including phenoxy) is 2. The zero-order valence-corrected chi connectivity index (χ0v) is 15.8. The van der Waals surface area contributed by atoms with Gasteiger partial charge in [-0.15, -0.1) is 0 Å². The van der Waals surface area contributed by atoms with Gasteiger partial charge in [0.1, 0.15) is 17.3 Å². The van der Waals surface area contributed by atoms with Crippen molar-refractivity contribution in [2.24, 2.45) is 0 Å². The van der Waals surface area contributed by atoms with E-state index in [0.29, 0.717) is 0 Å². The van der Waals surface area contributed by atoms with Crippen LogP contribution in [-0.2, 0) is 24.9 Å². The number of nitrogens with zero attached hydrogens (tertiary/aromatic N) is 3. The summed E-state index contributed by atoms with van der Waals surface area (Å²) in [4.78, 5) is 11.8. The molecule has 0 amide bonds. The lowest BCUT2D eigenvalue weighted by Gasteiger charge is -2.29. The van der Waals surface area contributed by atoms with E-state index in [1.165, 1.54) is 16.8 Å². The molecule has 2 heterocycles. The first-order chi connectivity index (χ1) is 11.9. The minimum absolute atomic E-state index is 0.0113. The summed E-state index contributed by atoms with van der Waals surface area (Å²) in [5.41, 5.74) is 3.58. The average Bonchev–Trinajstić information content (AvgIpc) is 2.60. The summed E-state index contributed by atoms with van der Waals surface area (Å²) < 4.78 is 10.8. The third-order valence-corrected chi connectivity index (χ3v) is 4.57. The summed E-state index contributed by atoms with van der Waals surface area (Å²) in [5, 5.41) is 0. The molecule has 2 aromatic rings. The predicted molar refractivity (Wildman–Crippen MR) is 98.1 cm³/mol. The van der Waals surface area contributed by atoms with E-state index in [1.807, 2.05) is 18.3 Å². The van der Waals surface area contributed by atoms with Crippen LogP contribution in [0.1, 0.15) is 43.4 Å². The Kier molecular flexibility index (Phi) is 4.95. The van der Waals surface area contributed by atoms with Gasteiger partial charge < -0.3 is 9.47 Å². The highest BCUT2D eigenvalue weighted by Crippen LogP contribution is 2.28. The fraction of sp³-hybridized carbons (Fsp3) is 0.500. The summed E-state index contributed by atoms with van der Waals surface area (Å²) in [5.74, 6) is 2.61. The SMILES string of the molecule is COc1ccc(CN2CCc3nc(C(C)(C)C)ncc3C2)c(OC)c1. The summed E-state index contributed by atoms with van der Waals surface area (Å²) in [6, 6.07) is 5.99. The number of hydrogen-bond acceptors (Lipinski definition) is 5. The van der Waals surface area contributed by atoms with Crippen LogP contribution in [0.5, 0.6) is 11.5 Å². The number of rotatable bonds is 4. The molecule has 1 aromatic carbocycles. The first kappa shape index (κ1) is 17.7. The Morgan fingerprint density at radius 3 is 2.64 bits per heavy atom. The van der Waals surface area contributed by atoms with Crippen molar-refractivity contribution in [2.45, 2.75) is 45.7 Å². The van der Waals surface area contributed by atoms with Crippen molar-refractivity contribution in [1.29, 1.82) is 0 Å². The minimum atomic E-state index is -0.0113. The smallest absolute Gasteiger partial charge is 0.133 e. The molecule has 0 bridgehead atoms. The highest BCUT2D eigenvalue weighted by atomic mass is 16.5. The lowest BCUT2D eigenvalue weighted by Crippen LogP contribution is -2.32. The van der Waals surface area contributed by atoms with E-state index in [9.17, 15) is 0 Å². The third kappa shape index (κ3) is 3.93. The van der Waals surface area contributed by atoms with Crippen LogP contribution in [0.25, 0.3) is 0 Å². The maximum absolute atomic E-state index is 5.52. The number of fused-ring (bicyclic) bond motifs is 1. The van der Waals surface area contributed by atoms with Gasteiger partial charge in [-0.2, -0.15) is 0 Å². The second-order valence-electron chi connectivity index (χ2n) is 7.55. The molecule has 5 heteroatoms. The summed E-state index contributed by atoms with van der Waals surface area (Å²) in [6.07, 6.45) is 2.96. The maximum Gasteiger partial charge on any atom is 0.133 e. The van der Waals surface area contributed by atoms with Crippen LogP contribution in [0.4, 0.5) is 0 Å². The molecule has 0 saturated heterocycles. The van der Waals surface area contributed by atoms with Gasteiger partial charge in [0.25, 0.3) is 0 Å². The molecule has 0 unspecified atom stereocenters. The predicted octanol–water partition coefficient (Wildman–Crippen LogP) is 3.35. The van der Waals surface area contributed by atoms with E-state index in [2.05, 4.69) is 36.7 Å². The fourth-order valence-electron chi connectivity index (χ4n) is 3.09. The molecular weight excluding hydrogens is 314 g/mol. The highest BCUT2D eigenvalue weighted by Gasteiger charge is 2.23. The highest BCUT2D eigenvalue weighted by molar-refractivity contribution is 5.40. The molecule has 1 aromatic heterocycles. The van der Waals surface area contributed by atoms with Crippen LogP contribution in [0, 0.1) is 0 Å². The number of methoxy groups -OCH3 is 2. The van der Waals surface area contributed by atoms with E-state index in [4.69, 9.17) is 14.5 Å². The van der Waals surface area contributed by atoms with Gasteiger partial charge >= 0.3 is 0 Å². The van der Waals surface area contributed by atoms with Crippen LogP contribution in [-0.4, -0.2) is 35.6 Å². The fourth-order valence-corrected chi connectivity index (χ4v) is 3.09. The van der Waals surface area contributed by atoms with Gasteiger partial charge in [0, 0.05) is 60.6 Å². The van der Waals surface area contributed by atoms with Gasteiger partial charge in [0.2, 0.25) is 0 Å². The Balaban J connectivity index is 1.75. The first-order valence-corrected chi connectivity index (χ1v) is 8.69. The van der Waals surface area contributed by atoms with E-state index in [1.54, 1.807) is 14.2 Å². The molecule has 0 radical (unpaired) electrons. The van der Waals surface area contributed by atoms with Crippen molar-refractivity contribution in [2.75, 3.05) is 20.8 Å². The molecule has 25 heavy (non-hydrogen) atoms. The van der Waals surface area contributed by atoms with E-state index in [-0.39, 0.29) is 5.41 Å². The van der Waals surface area contributed by atoms with Crippen LogP contribution in [0.15, 0.2) is 24.4 Å². The zero-order valence-electron chi connectivity index (χ0n) is 15.8. The molecule has 0 atom stereocenters. The van der Waals surface area contributed by atoms with Crippen molar-refractivity contribution < 1.29 is 9.47 Å². The summed E-state index contributed by atoms with van der Waals surface area (Å²) in [7, 11) is 3.37. The Labute approximate surface area is 150 Å². The molecule has 0 spiro atoms. The summed E-state index contributed by atoms with van der Waals surface area (Å²) >= 11 is 0. The van der Waals surface area contributed by atoms with Crippen molar-refractivity contribution in [3.63, 3.8) is 0 Å². The van der Waals surface area contributed by atoms with Crippen molar-refractivity contribution >= 4 is 0 Å². The molecule has 1 aliphatic rings. The largest absolute Gasteiger partial charge is 0.497 e.